The van der Waals surface area contributed by atoms with Crippen LogP contribution in [0.1, 0.15) is 50.3 Å². The number of carbonyl (C=O) groups excluding carboxylic acids is 3. The number of carbonyl (C=O) groups is 3. The number of benzene rings is 2. The van der Waals surface area contributed by atoms with Gasteiger partial charge in [0.2, 0.25) is 5.91 Å². The first-order chi connectivity index (χ1) is 21.3. The number of piperidine rings is 1. The van der Waals surface area contributed by atoms with Gasteiger partial charge in [-0.15, -0.1) is 0 Å². The van der Waals surface area contributed by atoms with E-state index in [1.165, 1.54) is 11.8 Å². The minimum Gasteiger partial charge on any atom is -0.497 e. The maximum absolute atomic E-state index is 13.8. The lowest BCUT2D eigenvalue weighted by atomic mass is 9.92. The Morgan fingerprint density at radius 1 is 1.05 bits per heavy atom. The number of hydrogen-bond donors (Lipinski definition) is 0. The highest BCUT2D eigenvalue weighted by Crippen LogP contribution is 2.48. The molecule has 10 nitrogen and oxygen atoms in total. The van der Waals surface area contributed by atoms with Crippen LogP contribution in [0.2, 0.25) is 0 Å². The summed E-state index contributed by atoms with van der Waals surface area (Å²) in [7, 11) is 3.15. The van der Waals surface area contributed by atoms with Gasteiger partial charge in [-0.05, 0) is 55.9 Å². The van der Waals surface area contributed by atoms with Crippen molar-refractivity contribution in [2.75, 3.05) is 33.9 Å². The van der Waals surface area contributed by atoms with Gasteiger partial charge in [-0.1, -0.05) is 42.1 Å². The summed E-state index contributed by atoms with van der Waals surface area (Å²) in [4.78, 5) is 48.3. The largest absolute Gasteiger partial charge is 0.497 e. The Hall–Kier alpha value is -4.25. The molecule has 2 atom stereocenters. The number of hydrogen-bond acceptors (Lipinski definition) is 10. The van der Waals surface area contributed by atoms with Gasteiger partial charge in [-0.3, -0.25) is 9.59 Å². The molecule has 1 saturated heterocycles. The molecule has 5 rings (SSSR count). The van der Waals surface area contributed by atoms with Crippen molar-refractivity contribution in [1.29, 1.82) is 0 Å². The average molecular weight is 620 g/mol. The summed E-state index contributed by atoms with van der Waals surface area (Å²) < 4.78 is 22.4. The summed E-state index contributed by atoms with van der Waals surface area (Å²) in [6.07, 6.45) is 1.48. The van der Waals surface area contributed by atoms with E-state index >= 15 is 0 Å². The third-order valence-corrected chi connectivity index (χ3v) is 8.78. The van der Waals surface area contributed by atoms with Gasteiger partial charge in [0.15, 0.2) is 5.17 Å². The SMILES string of the molecule is CCOC(=O)[C@H]1CCCN(C(=O)CC2=CSC3=NC(C)=C(C(=O)OCc4ccccc4)[C@@H](c4cc(OC)ccc4OC)N23)C1. The van der Waals surface area contributed by atoms with E-state index in [0.717, 1.165) is 12.0 Å². The lowest BCUT2D eigenvalue weighted by Gasteiger charge is -2.37. The quantitative estimate of drug-likeness (QED) is 0.331. The minimum absolute atomic E-state index is 0.0652. The Labute approximate surface area is 261 Å². The van der Waals surface area contributed by atoms with E-state index in [9.17, 15) is 14.4 Å². The Balaban J connectivity index is 1.46. The van der Waals surface area contributed by atoms with Crippen LogP contribution < -0.4 is 9.47 Å². The number of aliphatic imine (C=N–C) groups is 1. The smallest absolute Gasteiger partial charge is 0.338 e. The lowest BCUT2D eigenvalue weighted by Crippen LogP contribution is -2.44. The summed E-state index contributed by atoms with van der Waals surface area (Å²) in [6, 6.07) is 14.2. The van der Waals surface area contributed by atoms with Crippen LogP contribution in [0.25, 0.3) is 0 Å². The van der Waals surface area contributed by atoms with Crippen LogP contribution in [0.15, 0.2) is 75.9 Å². The number of allylic oxidation sites excluding steroid dienone is 1. The number of thioether (sulfide) groups is 1. The molecular formula is C33H37N3O7S. The second kappa shape index (κ2) is 14.0. The topological polar surface area (TPSA) is 107 Å². The summed E-state index contributed by atoms with van der Waals surface area (Å²) in [5.41, 5.74) is 3.09. The zero-order valence-electron chi connectivity index (χ0n) is 25.4. The fraction of sp³-hybridized carbons (Fsp3) is 0.394. The Bertz CT molecular complexity index is 1500. The first-order valence-corrected chi connectivity index (χ1v) is 15.5. The molecule has 2 aromatic carbocycles. The summed E-state index contributed by atoms with van der Waals surface area (Å²) in [5, 5.41) is 2.54. The van der Waals surface area contributed by atoms with Crippen molar-refractivity contribution in [2.45, 2.75) is 45.8 Å². The van der Waals surface area contributed by atoms with E-state index in [4.69, 9.17) is 23.9 Å². The van der Waals surface area contributed by atoms with Crippen molar-refractivity contribution in [1.82, 2.24) is 9.80 Å². The first-order valence-electron chi connectivity index (χ1n) is 14.7. The van der Waals surface area contributed by atoms with E-state index in [2.05, 4.69) is 0 Å². The van der Waals surface area contributed by atoms with Crippen molar-refractivity contribution < 1.29 is 33.3 Å². The zero-order valence-corrected chi connectivity index (χ0v) is 26.2. The molecule has 1 fully saturated rings. The molecule has 1 amide bonds. The van der Waals surface area contributed by atoms with Gasteiger partial charge in [-0.2, -0.15) is 0 Å². The monoisotopic (exact) mass is 619 g/mol. The van der Waals surface area contributed by atoms with E-state index in [1.54, 1.807) is 45.1 Å². The van der Waals surface area contributed by atoms with Crippen LogP contribution in [0.4, 0.5) is 0 Å². The number of rotatable bonds is 10. The van der Waals surface area contributed by atoms with E-state index in [0.29, 0.717) is 65.3 Å². The molecule has 2 aromatic rings. The van der Waals surface area contributed by atoms with Gasteiger partial charge in [-0.25, -0.2) is 9.79 Å². The average Bonchev–Trinajstić information content (AvgIpc) is 3.44. The van der Waals surface area contributed by atoms with Crippen molar-refractivity contribution in [3.8, 4) is 11.5 Å². The molecule has 3 heterocycles. The van der Waals surface area contributed by atoms with Crippen LogP contribution in [0, 0.1) is 5.92 Å². The van der Waals surface area contributed by atoms with Gasteiger partial charge in [0.1, 0.15) is 18.1 Å². The van der Waals surface area contributed by atoms with Crippen molar-refractivity contribution in [3.05, 3.63) is 82.0 Å². The second-order valence-corrected chi connectivity index (χ2v) is 11.5. The molecule has 0 aromatic heterocycles. The van der Waals surface area contributed by atoms with Gasteiger partial charge >= 0.3 is 11.9 Å². The number of amidine groups is 1. The maximum atomic E-state index is 13.8. The van der Waals surface area contributed by atoms with E-state index < -0.39 is 12.0 Å². The Morgan fingerprint density at radius 3 is 2.57 bits per heavy atom. The number of likely N-dealkylation sites (tertiary alicyclic amines) is 1. The fourth-order valence-electron chi connectivity index (χ4n) is 5.70. The molecule has 0 saturated carbocycles. The molecule has 0 aliphatic carbocycles. The fourth-order valence-corrected chi connectivity index (χ4v) is 6.67. The summed E-state index contributed by atoms with van der Waals surface area (Å²) in [6.45, 7) is 4.86. The van der Waals surface area contributed by atoms with Crippen LogP contribution in [-0.4, -0.2) is 66.7 Å². The minimum atomic E-state index is -0.696. The van der Waals surface area contributed by atoms with Crippen LogP contribution in [-0.2, 0) is 30.5 Å². The normalized spacial score (nSPS) is 19.5. The Morgan fingerprint density at radius 2 is 1.84 bits per heavy atom. The van der Waals surface area contributed by atoms with E-state index in [-0.39, 0.29) is 30.8 Å². The first kappa shape index (κ1) is 31.2. The molecule has 0 bridgehead atoms. The van der Waals surface area contributed by atoms with E-state index in [1.807, 2.05) is 46.7 Å². The van der Waals surface area contributed by atoms with Crippen molar-refractivity contribution in [2.24, 2.45) is 10.9 Å². The molecule has 0 unspecified atom stereocenters. The third kappa shape index (κ3) is 6.62. The zero-order chi connectivity index (χ0) is 31.2. The maximum Gasteiger partial charge on any atom is 0.338 e. The molecule has 3 aliphatic rings. The number of esters is 2. The van der Waals surface area contributed by atoms with Crippen LogP contribution >= 0.6 is 11.8 Å². The highest BCUT2D eigenvalue weighted by molar-refractivity contribution is 8.16. The standard InChI is InChI=1S/C33H37N3O7S/c1-5-42-31(38)23-12-9-15-35(18-23)28(37)16-24-20-44-33-34-21(2)29(32(39)43-19-22-10-7-6-8-11-22)30(36(24)33)26-17-25(40-3)13-14-27(26)41-4/h6-8,10-11,13-14,17,20,23,30H,5,9,12,15-16,18-19H2,1-4H3/t23-,30+/m0/s1. The number of ether oxygens (including phenoxy) is 4. The number of methoxy groups -OCH3 is 2. The van der Waals surface area contributed by atoms with Crippen molar-refractivity contribution in [3.63, 3.8) is 0 Å². The third-order valence-electron chi connectivity index (χ3n) is 7.89. The van der Waals surface area contributed by atoms with Crippen LogP contribution in [0.5, 0.6) is 11.5 Å². The summed E-state index contributed by atoms with van der Waals surface area (Å²) in [5.74, 6) is -0.0872. The lowest BCUT2D eigenvalue weighted by molar-refractivity contribution is -0.151. The van der Waals surface area contributed by atoms with Gasteiger partial charge < -0.3 is 28.7 Å². The summed E-state index contributed by atoms with van der Waals surface area (Å²) >= 11 is 1.40. The highest BCUT2D eigenvalue weighted by Gasteiger charge is 2.43. The highest BCUT2D eigenvalue weighted by atomic mass is 32.2. The molecule has 232 valence electrons. The molecule has 0 radical (unpaired) electrons. The van der Waals surface area contributed by atoms with Gasteiger partial charge in [0.25, 0.3) is 0 Å². The molecular weight excluding hydrogens is 582 g/mol. The Kier molecular flexibility index (Phi) is 9.94. The van der Waals surface area contributed by atoms with Crippen LogP contribution in [0.3, 0.4) is 0 Å². The predicted octanol–water partition coefficient (Wildman–Crippen LogP) is 5.21. The molecule has 44 heavy (non-hydrogen) atoms. The molecule has 0 spiro atoms. The molecule has 3 aliphatic heterocycles. The van der Waals surface area contributed by atoms with Gasteiger partial charge in [0, 0.05) is 24.4 Å². The number of amides is 1. The van der Waals surface area contributed by atoms with Crippen molar-refractivity contribution >= 4 is 34.8 Å². The predicted molar refractivity (Wildman–Crippen MR) is 167 cm³/mol. The molecule has 0 N–H and O–H groups in total. The number of nitrogens with zero attached hydrogens (tertiary/aromatic N) is 3. The second-order valence-electron chi connectivity index (χ2n) is 10.7. The molecule has 11 heteroatoms. The van der Waals surface area contributed by atoms with Gasteiger partial charge in [0.05, 0.1) is 50.5 Å². The number of fused-ring (bicyclic) bond motifs is 1.